The average molecular weight is 906 g/mol. The van der Waals surface area contributed by atoms with E-state index in [1.54, 1.807) is 6.08 Å². The van der Waals surface area contributed by atoms with Gasteiger partial charge in [-0.1, -0.05) is 237 Å². The highest BCUT2D eigenvalue weighted by molar-refractivity contribution is 5.76. The number of nitrogens with one attached hydrogen (secondary N) is 1. The number of hydrogen-bond donors (Lipinski definition) is 6. The number of amides is 1. The monoisotopic (exact) mass is 906 g/mol. The zero-order valence-corrected chi connectivity index (χ0v) is 41.5. The lowest BCUT2D eigenvalue weighted by Gasteiger charge is -2.40. The Labute approximate surface area is 393 Å². The molecule has 376 valence electrons. The normalized spacial score (nSPS) is 20.3. The standard InChI is InChI=1S/C55H103NO8/c1-3-5-7-9-11-13-15-17-19-20-21-22-23-24-25-26-27-28-29-30-31-32-34-36-38-40-42-44-49(58)48(47-63-55-54(62)53(61)52(60)50(46-57)64-55)56-51(59)45-43-41-39-37-35-33-18-16-14-12-10-8-6-4-2/h10,12,16,18,42,44,48-50,52-55,57-58,60-62H,3-9,11,13-15,17,19-41,43,45-47H2,1-2H3,(H,56,59)/b12-10-,18-16-,44-42+. The van der Waals surface area contributed by atoms with Gasteiger partial charge in [-0.3, -0.25) is 4.79 Å². The smallest absolute Gasteiger partial charge is 0.220 e. The van der Waals surface area contributed by atoms with Crippen molar-refractivity contribution in [3.63, 3.8) is 0 Å². The molecule has 1 aliphatic rings. The molecule has 0 spiro atoms. The second-order valence-corrected chi connectivity index (χ2v) is 19.0. The zero-order chi connectivity index (χ0) is 46.6. The molecular weight excluding hydrogens is 803 g/mol. The summed E-state index contributed by atoms with van der Waals surface area (Å²) in [4.78, 5) is 13.0. The summed E-state index contributed by atoms with van der Waals surface area (Å²) in [5.41, 5.74) is 0. The van der Waals surface area contributed by atoms with Crippen LogP contribution in [-0.2, 0) is 14.3 Å². The Morgan fingerprint density at radius 3 is 1.39 bits per heavy atom. The van der Waals surface area contributed by atoms with E-state index in [0.29, 0.717) is 6.42 Å². The van der Waals surface area contributed by atoms with Crippen LogP contribution in [0, 0.1) is 0 Å². The number of rotatable bonds is 46. The highest BCUT2D eigenvalue weighted by Gasteiger charge is 2.44. The molecule has 1 heterocycles. The van der Waals surface area contributed by atoms with Gasteiger partial charge < -0.3 is 40.3 Å². The lowest BCUT2D eigenvalue weighted by Crippen LogP contribution is -2.60. The van der Waals surface area contributed by atoms with Crippen molar-refractivity contribution in [3.05, 3.63) is 36.5 Å². The summed E-state index contributed by atoms with van der Waals surface area (Å²) < 4.78 is 11.2. The fraction of sp³-hybridized carbons (Fsp3) is 0.873. The van der Waals surface area contributed by atoms with Crippen molar-refractivity contribution >= 4 is 5.91 Å². The molecule has 0 saturated carbocycles. The van der Waals surface area contributed by atoms with Gasteiger partial charge in [0.15, 0.2) is 6.29 Å². The second kappa shape index (κ2) is 45.2. The molecule has 1 fully saturated rings. The van der Waals surface area contributed by atoms with E-state index < -0.39 is 49.5 Å². The first kappa shape index (κ1) is 60.4. The molecule has 9 nitrogen and oxygen atoms in total. The van der Waals surface area contributed by atoms with Crippen LogP contribution in [0.5, 0.6) is 0 Å². The van der Waals surface area contributed by atoms with Crippen LogP contribution in [0.1, 0.15) is 251 Å². The van der Waals surface area contributed by atoms with Crippen molar-refractivity contribution < 1.29 is 39.8 Å². The molecule has 0 aliphatic carbocycles. The van der Waals surface area contributed by atoms with E-state index in [1.807, 2.05) is 6.08 Å². The maximum absolute atomic E-state index is 13.0. The fourth-order valence-electron chi connectivity index (χ4n) is 8.59. The maximum Gasteiger partial charge on any atom is 0.220 e. The van der Waals surface area contributed by atoms with Crippen LogP contribution in [0.15, 0.2) is 36.5 Å². The Morgan fingerprint density at radius 2 is 0.938 bits per heavy atom. The molecule has 1 saturated heterocycles. The van der Waals surface area contributed by atoms with Crippen LogP contribution in [0.4, 0.5) is 0 Å². The first-order valence-corrected chi connectivity index (χ1v) is 27.2. The molecule has 64 heavy (non-hydrogen) atoms. The molecule has 0 aromatic rings. The predicted octanol–water partition coefficient (Wildman–Crippen LogP) is 12.8. The number of ether oxygens (including phenoxy) is 2. The van der Waals surface area contributed by atoms with Gasteiger partial charge >= 0.3 is 0 Å². The van der Waals surface area contributed by atoms with Crippen LogP contribution in [0.3, 0.4) is 0 Å². The molecular formula is C55H103NO8. The highest BCUT2D eigenvalue weighted by Crippen LogP contribution is 2.23. The molecule has 1 rings (SSSR count). The van der Waals surface area contributed by atoms with E-state index in [2.05, 4.69) is 43.5 Å². The molecule has 0 aromatic heterocycles. The van der Waals surface area contributed by atoms with E-state index in [9.17, 15) is 30.3 Å². The van der Waals surface area contributed by atoms with Crippen LogP contribution >= 0.6 is 0 Å². The Morgan fingerprint density at radius 1 is 0.531 bits per heavy atom. The van der Waals surface area contributed by atoms with Gasteiger partial charge in [0.05, 0.1) is 25.4 Å². The number of hydrogen-bond acceptors (Lipinski definition) is 8. The van der Waals surface area contributed by atoms with Crippen LogP contribution < -0.4 is 5.32 Å². The van der Waals surface area contributed by atoms with Gasteiger partial charge in [0.2, 0.25) is 5.91 Å². The minimum absolute atomic E-state index is 0.190. The Hall–Kier alpha value is -1.59. The zero-order valence-electron chi connectivity index (χ0n) is 41.5. The van der Waals surface area contributed by atoms with E-state index in [1.165, 1.54) is 161 Å². The van der Waals surface area contributed by atoms with Gasteiger partial charge in [0, 0.05) is 6.42 Å². The number of carbonyl (C=O) groups excluding carboxylic acids is 1. The minimum atomic E-state index is -1.57. The Bertz CT molecular complexity index is 1100. The third-order valence-corrected chi connectivity index (χ3v) is 13.0. The number of unbranched alkanes of at least 4 members (excludes halogenated alkanes) is 32. The van der Waals surface area contributed by atoms with Gasteiger partial charge in [0.25, 0.3) is 0 Å². The van der Waals surface area contributed by atoms with Gasteiger partial charge in [-0.2, -0.15) is 0 Å². The molecule has 0 bridgehead atoms. The summed E-state index contributed by atoms with van der Waals surface area (Å²) in [5.74, 6) is -0.190. The molecule has 7 unspecified atom stereocenters. The lowest BCUT2D eigenvalue weighted by molar-refractivity contribution is -0.302. The first-order valence-electron chi connectivity index (χ1n) is 27.2. The molecule has 9 heteroatoms. The highest BCUT2D eigenvalue weighted by atomic mass is 16.7. The predicted molar refractivity (Wildman–Crippen MR) is 267 cm³/mol. The molecule has 1 aliphatic heterocycles. The van der Waals surface area contributed by atoms with Gasteiger partial charge in [0.1, 0.15) is 24.4 Å². The number of carbonyl (C=O) groups is 1. The molecule has 0 aromatic carbocycles. The molecule has 7 atom stereocenters. The topological polar surface area (TPSA) is 149 Å². The van der Waals surface area contributed by atoms with Crippen molar-refractivity contribution in [3.8, 4) is 0 Å². The van der Waals surface area contributed by atoms with Crippen molar-refractivity contribution in [2.75, 3.05) is 13.2 Å². The minimum Gasteiger partial charge on any atom is -0.394 e. The summed E-state index contributed by atoms with van der Waals surface area (Å²) in [7, 11) is 0. The molecule has 6 N–H and O–H groups in total. The Balaban J connectivity index is 2.22. The van der Waals surface area contributed by atoms with E-state index in [-0.39, 0.29) is 12.5 Å². The molecule has 0 radical (unpaired) electrons. The van der Waals surface area contributed by atoms with E-state index >= 15 is 0 Å². The van der Waals surface area contributed by atoms with E-state index in [0.717, 1.165) is 70.6 Å². The van der Waals surface area contributed by atoms with Crippen molar-refractivity contribution in [1.29, 1.82) is 0 Å². The average Bonchev–Trinajstić information content (AvgIpc) is 3.29. The van der Waals surface area contributed by atoms with E-state index in [4.69, 9.17) is 9.47 Å². The summed E-state index contributed by atoms with van der Waals surface area (Å²) >= 11 is 0. The van der Waals surface area contributed by atoms with Crippen LogP contribution in [0.25, 0.3) is 0 Å². The fourth-order valence-corrected chi connectivity index (χ4v) is 8.59. The largest absolute Gasteiger partial charge is 0.394 e. The Kier molecular flexibility index (Phi) is 42.7. The van der Waals surface area contributed by atoms with Gasteiger partial charge in [-0.25, -0.2) is 0 Å². The maximum atomic E-state index is 13.0. The van der Waals surface area contributed by atoms with Crippen molar-refractivity contribution in [1.82, 2.24) is 5.32 Å². The second-order valence-electron chi connectivity index (χ2n) is 19.0. The van der Waals surface area contributed by atoms with Crippen molar-refractivity contribution in [2.45, 2.75) is 294 Å². The van der Waals surface area contributed by atoms with Crippen LogP contribution in [-0.4, -0.2) is 87.5 Å². The number of aliphatic hydroxyl groups excluding tert-OH is 5. The summed E-state index contributed by atoms with van der Waals surface area (Å²) in [6, 6.07) is -0.812. The van der Waals surface area contributed by atoms with Gasteiger partial charge in [-0.05, 0) is 44.9 Å². The SMILES string of the molecule is CCCC/C=C\C/C=C\CCCCCCCC(=O)NC(COC1OC(CO)C(O)C(O)C1O)C(O)/C=C/CCCCCCCCCCCCCCCCCCCCCCCCCCC. The number of allylic oxidation sites excluding steroid dienone is 5. The summed E-state index contributed by atoms with van der Waals surface area (Å²) in [6.45, 7) is 3.74. The van der Waals surface area contributed by atoms with Crippen LogP contribution in [0.2, 0.25) is 0 Å². The van der Waals surface area contributed by atoms with Crippen molar-refractivity contribution in [2.24, 2.45) is 0 Å². The summed E-state index contributed by atoms with van der Waals surface area (Å²) in [5, 5.41) is 54.4. The third-order valence-electron chi connectivity index (χ3n) is 13.0. The molecule has 1 amide bonds. The summed E-state index contributed by atoms with van der Waals surface area (Å²) in [6.07, 6.45) is 50.7. The number of aliphatic hydroxyl groups is 5. The third kappa shape index (κ3) is 34.7. The van der Waals surface area contributed by atoms with Gasteiger partial charge in [-0.15, -0.1) is 0 Å². The first-order chi connectivity index (χ1) is 31.3. The lowest BCUT2D eigenvalue weighted by atomic mass is 9.99. The quantitative estimate of drug-likeness (QED) is 0.0261.